The lowest BCUT2D eigenvalue weighted by atomic mass is 10.0. The molecule has 1 amide bonds. The predicted molar refractivity (Wildman–Crippen MR) is 87.6 cm³/mol. The summed E-state index contributed by atoms with van der Waals surface area (Å²) in [6.07, 6.45) is 1.71. The number of methoxy groups -OCH3 is 1. The molecule has 2 aromatic rings. The molecule has 23 heavy (non-hydrogen) atoms. The zero-order chi connectivity index (χ0) is 16.7. The molecule has 2 rings (SSSR count). The van der Waals surface area contributed by atoms with E-state index < -0.39 is 5.91 Å². The van der Waals surface area contributed by atoms with Crippen molar-refractivity contribution < 1.29 is 14.3 Å². The molecule has 0 saturated carbocycles. The Hall–Kier alpha value is -3.26. The number of nitrogens with zero attached hydrogens (tertiary/aromatic N) is 1. The van der Waals surface area contributed by atoms with Crippen molar-refractivity contribution in [1.82, 2.24) is 0 Å². The molecular formula is C18H16N2O3. The van der Waals surface area contributed by atoms with E-state index in [0.29, 0.717) is 16.9 Å². The zero-order valence-electron chi connectivity index (χ0n) is 12.7. The van der Waals surface area contributed by atoms with E-state index in [1.165, 1.54) is 0 Å². The smallest absolute Gasteiger partial charge is 0.255 e. The number of rotatable bonds is 6. The molecule has 0 fully saturated rings. The van der Waals surface area contributed by atoms with Crippen LogP contribution in [0.2, 0.25) is 0 Å². The van der Waals surface area contributed by atoms with E-state index in [9.17, 15) is 10.1 Å². The number of carbonyl (C=O) groups is 1. The van der Waals surface area contributed by atoms with E-state index >= 15 is 0 Å². The van der Waals surface area contributed by atoms with Gasteiger partial charge in [0.05, 0.1) is 18.8 Å². The highest BCUT2D eigenvalue weighted by Crippen LogP contribution is 2.25. The van der Waals surface area contributed by atoms with Crippen LogP contribution in [0.15, 0.2) is 48.5 Å². The van der Waals surface area contributed by atoms with Crippen LogP contribution in [0, 0.1) is 11.3 Å². The Morgan fingerprint density at radius 1 is 1.22 bits per heavy atom. The quantitative estimate of drug-likeness (QED) is 0.656. The molecule has 0 aromatic heterocycles. The van der Waals surface area contributed by atoms with Crippen molar-refractivity contribution in [3.05, 3.63) is 59.7 Å². The Morgan fingerprint density at radius 3 is 2.52 bits per heavy atom. The molecule has 0 aliphatic rings. The molecule has 5 heteroatoms. The second kappa shape index (κ2) is 7.66. The van der Waals surface area contributed by atoms with Gasteiger partial charge in [-0.2, -0.15) is 5.26 Å². The Morgan fingerprint density at radius 2 is 1.91 bits per heavy atom. The number of para-hydroxylation sites is 1. The molecule has 0 heterocycles. The van der Waals surface area contributed by atoms with Gasteiger partial charge in [0.15, 0.2) is 6.61 Å². The van der Waals surface area contributed by atoms with E-state index in [2.05, 4.69) is 6.07 Å². The highest BCUT2D eigenvalue weighted by atomic mass is 16.5. The summed E-state index contributed by atoms with van der Waals surface area (Å²) in [7, 11) is 1.59. The second-order valence-corrected chi connectivity index (χ2v) is 4.69. The minimum absolute atomic E-state index is 0.213. The van der Waals surface area contributed by atoms with Crippen molar-refractivity contribution in [3.8, 4) is 17.6 Å². The number of carbonyl (C=O) groups excluding carboxylic acids is 1. The number of ether oxygens (including phenoxy) is 2. The van der Waals surface area contributed by atoms with Gasteiger partial charge in [0.25, 0.3) is 5.91 Å². The fraction of sp³-hybridized carbons (Fsp3) is 0.111. The Bertz CT molecular complexity index is 759. The average molecular weight is 308 g/mol. The van der Waals surface area contributed by atoms with Crippen LogP contribution in [0.3, 0.4) is 0 Å². The fourth-order valence-electron chi connectivity index (χ4n) is 1.99. The van der Waals surface area contributed by atoms with Crippen LogP contribution < -0.4 is 15.2 Å². The van der Waals surface area contributed by atoms with Gasteiger partial charge in [-0.25, -0.2) is 0 Å². The molecule has 0 bridgehead atoms. The van der Waals surface area contributed by atoms with E-state index in [0.717, 1.165) is 11.3 Å². The number of nitrogens with two attached hydrogens (primary N) is 1. The SMILES string of the molecule is COc1ccc(/C(C#N)=C/c2ccccc2OCC(N)=O)cc1. The average Bonchev–Trinajstić information content (AvgIpc) is 2.58. The normalized spacial score (nSPS) is 10.7. The van der Waals surface area contributed by atoms with Gasteiger partial charge in [0, 0.05) is 5.56 Å². The van der Waals surface area contributed by atoms with E-state index in [1.54, 1.807) is 55.7 Å². The molecule has 5 nitrogen and oxygen atoms in total. The predicted octanol–water partition coefficient (Wildman–Crippen LogP) is 2.62. The number of nitriles is 1. The lowest BCUT2D eigenvalue weighted by molar-refractivity contribution is -0.119. The lowest BCUT2D eigenvalue weighted by Crippen LogP contribution is -2.20. The summed E-state index contributed by atoms with van der Waals surface area (Å²) in [6, 6.07) is 16.5. The monoisotopic (exact) mass is 308 g/mol. The third kappa shape index (κ3) is 4.35. The molecule has 0 aliphatic heterocycles. The Labute approximate surface area is 134 Å². The summed E-state index contributed by atoms with van der Waals surface area (Å²) in [6.45, 7) is -0.213. The first-order chi connectivity index (χ1) is 11.1. The second-order valence-electron chi connectivity index (χ2n) is 4.69. The number of amides is 1. The third-order valence-electron chi connectivity index (χ3n) is 3.11. The summed E-state index contributed by atoms with van der Waals surface area (Å²) in [5.74, 6) is 0.656. The molecule has 0 saturated heterocycles. The maximum Gasteiger partial charge on any atom is 0.255 e. The molecule has 0 unspecified atom stereocenters. The minimum Gasteiger partial charge on any atom is -0.497 e. The molecule has 2 aromatic carbocycles. The van der Waals surface area contributed by atoms with Crippen molar-refractivity contribution in [2.75, 3.05) is 13.7 Å². The molecule has 116 valence electrons. The first-order valence-corrected chi connectivity index (χ1v) is 6.90. The molecule has 0 aliphatic carbocycles. The first-order valence-electron chi connectivity index (χ1n) is 6.90. The van der Waals surface area contributed by atoms with Gasteiger partial charge in [-0.1, -0.05) is 18.2 Å². The standard InChI is InChI=1S/C18H16N2O3/c1-22-16-8-6-13(7-9-16)15(11-19)10-14-4-2-3-5-17(14)23-12-18(20)21/h2-10H,12H2,1H3,(H2,20,21)/b15-10+. The summed E-state index contributed by atoms with van der Waals surface area (Å²) >= 11 is 0. The molecule has 0 spiro atoms. The summed E-state index contributed by atoms with van der Waals surface area (Å²) < 4.78 is 10.5. The van der Waals surface area contributed by atoms with Crippen LogP contribution in [0.4, 0.5) is 0 Å². The van der Waals surface area contributed by atoms with Crippen LogP contribution in [-0.4, -0.2) is 19.6 Å². The molecular weight excluding hydrogens is 292 g/mol. The first kappa shape index (κ1) is 16.1. The van der Waals surface area contributed by atoms with E-state index in [4.69, 9.17) is 15.2 Å². The van der Waals surface area contributed by atoms with Gasteiger partial charge in [0.2, 0.25) is 0 Å². The fourth-order valence-corrected chi connectivity index (χ4v) is 1.99. The van der Waals surface area contributed by atoms with Crippen molar-refractivity contribution in [3.63, 3.8) is 0 Å². The largest absolute Gasteiger partial charge is 0.497 e. The summed E-state index contributed by atoms with van der Waals surface area (Å²) in [4.78, 5) is 10.9. The third-order valence-corrected chi connectivity index (χ3v) is 3.11. The van der Waals surface area contributed by atoms with Crippen molar-refractivity contribution in [2.24, 2.45) is 5.73 Å². The Kier molecular flexibility index (Phi) is 5.37. The maximum absolute atomic E-state index is 10.9. The van der Waals surface area contributed by atoms with Crippen LogP contribution in [0.25, 0.3) is 11.6 Å². The van der Waals surface area contributed by atoms with Gasteiger partial charge >= 0.3 is 0 Å². The topological polar surface area (TPSA) is 85.3 Å². The van der Waals surface area contributed by atoms with Crippen LogP contribution in [0.5, 0.6) is 11.5 Å². The Balaban J connectivity index is 2.34. The van der Waals surface area contributed by atoms with Crippen molar-refractivity contribution in [1.29, 1.82) is 5.26 Å². The summed E-state index contributed by atoms with van der Waals surface area (Å²) in [5.41, 5.74) is 7.02. The highest BCUT2D eigenvalue weighted by Gasteiger charge is 2.06. The van der Waals surface area contributed by atoms with Crippen LogP contribution in [-0.2, 0) is 4.79 Å². The number of hydrogen-bond acceptors (Lipinski definition) is 4. The zero-order valence-corrected chi connectivity index (χ0v) is 12.7. The van der Waals surface area contributed by atoms with Gasteiger partial charge < -0.3 is 15.2 Å². The molecule has 0 radical (unpaired) electrons. The van der Waals surface area contributed by atoms with E-state index in [1.807, 2.05) is 6.07 Å². The van der Waals surface area contributed by atoms with Crippen LogP contribution >= 0.6 is 0 Å². The minimum atomic E-state index is -0.556. The number of primary amides is 1. The van der Waals surface area contributed by atoms with Gasteiger partial charge in [-0.05, 0) is 42.0 Å². The highest BCUT2D eigenvalue weighted by molar-refractivity contribution is 5.90. The van der Waals surface area contributed by atoms with Crippen molar-refractivity contribution >= 4 is 17.6 Å². The number of hydrogen-bond donors (Lipinski definition) is 1. The number of benzene rings is 2. The number of allylic oxidation sites excluding steroid dienone is 1. The van der Waals surface area contributed by atoms with Gasteiger partial charge in [-0.3, -0.25) is 4.79 Å². The van der Waals surface area contributed by atoms with Crippen molar-refractivity contribution in [2.45, 2.75) is 0 Å². The molecule has 2 N–H and O–H groups in total. The molecule has 0 atom stereocenters. The van der Waals surface area contributed by atoms with Gasteiger partial charge in [-0.15, -0.1) is 0 Å². The maximum atomic E-state index is 10.9. The van der Waals surface area contributed by atoms with E-state index in [-0.39, 0.29) is 6.61 Å². The summed E-state index contributed by atoms with van der Waals surface area (Å²) in [5, 5.41) is 9.41. The van der Waals surface area contributed by atoms with Crippen LogP contribution in [0.1, 0.15) is 11.1 Å². The lowest BCUT2D eigenvalue weighted by Gasteiger charge is -2.08. The van der Waals surface area contributed by atoms with Gasteiger partial charge in [0.1, 0.15) is 11.5 Å².